The summed E-state index contributed by atoms with van der Waals surface area (Å²) < 4.78 is 0. The summed E-state index contributed by atoms with van der Waals surface area (Å²) in [6.45, 7) is 8.26. The van der Waals surface area contributed by atoms with Crippen LogP contribution >= 0.6 is 11.8 Å². The molecule has 0 aliphatic rings. The molecule has 0 radical (unpaired) electrons. The number of allylic oxidation sites excluding steroid dienone is 2. The molecule has 0 N–H and O–H groups in total. The van der Waals surface area contributed by atoms with Gasteiger partial charge in [-0.15, -0.1) is 11.8 Å². The van der Waals surface area contributed by atoms with E-state index in [1.54, 1.807) is 11.8 Å². The molecule has 0 aliphatic carbocycles. The van der Waals surface area contributed by atoms with E-state index in [1.807, 2.05) is 19.3 Å². The first kappa shape index (κ1) is 12.2. The largest absolute Gasteiger partial charge is 0.134 e. The first-order chi connectivity index (χ1) is 5.95. The summed E-state index contributed by atoms with van der Waals surface area (Å²) in [6, 6.07) is 0. The van der Waals surface area contributed by atoms with Gasteiger partial charge in [0.25, 0.3) is 0 Å². The van der Waals surface area contributed by atoms with Gasteiger partial charge >= 0.3 is 0 Å². The quantitative estimate of drug-likeness (QED) is 0.574. The molecule has 0 fully saturated rings. The molecule has 0 aromatic rings. The van der Waals surface area contributed by atoms with Gasteiger partial charge in [0.1, 0.15) is 0 Å². The van der Waals surface area contributed by atoms with Crippen molar-refractivity contribution in [3.8, 4) is 23.7 Å². The van der Waals surface area contributed by atoms with Crippen LogP contribution in [0.5, 0.6) is 0 Å². The van der Waals surface area contributed by atoms with Crippen LogP contribution in [0.3, 0.4) is 0 Å². The molecule has 0 aromatic heterocycles. The van der Waals surface area contributed by atoms with E-state index in [2.05, 4.69) is 44.5 Å². The van der Waals surface area contributed by atoms with Gasteiger partial charge in [0.05, 0.1) is 0 Å². The Balaban J connectivity index is 4.21. The van der Waals surface area contributed by atoms with E-state index in [-0.39, 0.29) is 5.41 Å². The summed E-state index contributed by atoms with van der Waals surface area (Å²) in [6.07, 6.45) is 3.93. The van der Waals surface area contributed by atoms with Crippen LogP contribution in [-0.2, 0) is 0 Å². The Bertz CT molecular complexity index is 294. The van der Waals surface area contributed by atoms with Crippen molar-refractivity contribution in [3.63, 3.8) is 0 Å². The van der Waals surface area contributed by atoms with Crippen molar-refractivity contribution in [1.82, 2.24) is 0 Å². The van der Waals surface area contributed by atoms with Crippen molar-refractivity contribution < 1.29 is 0 Å². The van der Waals surface area contributed by atoms with Gasteiger partial charge in [0.15, 0.2) is 0 Å². The second-order valence-electron chi connectivity index (χ2n) is 3.73. The molecule has 0 aromatic carbocycles. The third-order valence-corrected chi connectivity index (χ3v) is 1.93. The number of hydrogen-bond donors (Lipinski definition) is 0. The maximum atomic E-state index is 3.05. The van der Waals surface area contributed by atoms with Crippen LogP contribution in [0.15, 0.2) is 11.0 Å². The second-order valence-corrected chi connectivity index (χ2v) is 4.78. The molecular formula is C12H16S. The predicted octanol–water partition coefficient (Wildman–Crippen LogP) is 3.31. The Kier molecular flexibility index (Phi) is 5.44. The van der Waals surface area contributed by atoms with E-state index in [0.717, 1.165) is 0 Å². The SMILES string of the molecule is CSC(C)=CC#CC#CC(C)(C)C. The van der Waals surface area contributed by atoms with Crippen LogP contribution in [0, 0.1) is 29.1 Å². The average molecular weight is 192 g/mol. The fourth-order valence-electron chi connectivity index (χ4n) is 0.451. The minimum atomic E-state index is 0.0486. The monoisotopic (exact) mass is 192 g/mol. The van der Waals surface area contributed by atoms with E-state index >= 15 is 0 Å². The zero-order valence-electron chi connectivity index (χ0n) is 8.99. The zero-order chi connectivity index (χ0) is 10.3. The Labute approximate surface area is 86.2 Å². The maximum Gasteiger partial charge on any atom is 0.0240 e. The van der Waals surface area contributed by atoms with E-state index in [4.69, 9.17) is 0 Å². The van der Waals surface area contributed by atoms with Gasteiger partial charge in [-0.3, -0.25) is 0 Å². The fourth-order valence-corrected chi connectivity index (χ4v) is 0.628. The Hall–Kier alpha value is -0.790. The molecule has 0 saturated carbocycles. The summed E-state index contributed by atoms with van der Waals surface area (Å²) in [5.74, 6) is 11.6. The van der Waals surface area contributed by atoms with Crippen LogP contribution < -0.4 is 0 Å². The molecule has 70 valence electrons. The van der Waals surface area contributed by atoms with Crippen LogP contribution in [0.2, 0.25) is 0 Å². The Morgan fingerprint density at radius 2 is 1.85 bits per heavy atom. The van der Waals surface area contributed by atoms with E-state index in [0.29, 0.717) is 0 Å². The molecule has 0 amide bonds. The van der Waals surface area contributed by atoms with Gasteiger partial charge in [0.2, 0.25) is 0 Å². The second kappa shape index (κ2) is 5.79. The molecule has 0 spiro atoms. The van der Waals surface area contributed by atoms with Crippen molar-refractivity contribution in [2.45, 2.75) is 27.7 Å². The van der Waals surface area contributed by atoms with Gasteiger partial charge in [-0.25, -0.2) is 0 Å². The summed E-state index contributed by atoms with van der Waals surface area (Å²) in [7, 11) is 0. The lowest BCUT2D eigenvalue weighted by Crippen LogP contribution is -1.98. The summed E-state index contributed by atoms with van der Waals surface area (Å²) in [5, 5.41) is 0. The van der Waals surface area contributed by atoms with Crippen LogP contribution in [-0.4, -0.2) is 6.26 Å². The minimum absolute atomic E-state index is 0.0486. The zero-order valence-corrected chi connectivity index (χ0v) is 9.80. The number of rotatable bonds is 1. The van der Waals surface area contributed by atoms with Crippen LogP contribution in [0.25, 0.3) is 0 Å². The summed E-state index contributed by atoms with van der Waals surface area (Å²) in [5.41, 5.74) is 0.0486. The molecule has 0 rings (SSSR count). The van der Waals surface area contributed by atoms with Crippen molar-refractivity contribution >= 4 is 11.8 Å². The Morgan fingerprint density at radius 3 is 2.31 bits per heavy atom. The lowest BCUT2D eigenvalue weighted by molar-refractivity contribution is 0.571. The van der Waals surface area contributed by atoms with Crippen LogP contribution in [0.1, 0.15) is 27.7 Å². The first-order valence-electron chi connectivity index (χ1n) is 4.19. The molecular weight excluding hydrogens is 176 g/mol. The fraction of sp³-hybridized carbons (Fsp3) is 0.500. The minimum Gasteiger partial charge on any atom is -0.134 e. The van der Waals surface area contributed by atoms with Gasteiger partial charge < -0.3 is 0 Å². The van der Waals surface area contributed by atoms with Gasteiger partial charge in [-0.05, 0) is 56.8 Å². The molecule has 0 unspecified atom stereocenters. The highest BCUT2D eigenvalue weighted by molar-refractivity contribution is 8.02. The molecule has 0 atom stereocenters. The standard InChI is InChI=1S/C12H16S/c1-11(13-5)9-7-6-8-10-12(2,3)4/h9H,1-5H3. The van der Waals surface area contributed by atoms with Gasteiger partial charge in [-0.1, -0.05) is 11.8 Å². The molecule has 0 heterocycles. The van der Waals surface area contributed by atoms with Crippen LogP contribution in [0.4, 0.5) is 0 Å². The van der Waals surface area contributed by atoms with Crippen molar-refractivity contribution in [2.75, 3.05) is 6.26 Å². The van der Waals surface area contributed by atoms with E-state index < -0.39 is 0 Å². The molecule has 1 heteroatoms. The molecule has 0 saturated heterocycles. The lowest BCUT2D eigenvalue weighted by Gasteiger charge is -2.05. The molecule has 13 heavy (non-hydrogen) atoms. The smallest absolute Gasteiger partial charge is 0.0240 e. The number of hydrogen-bond acceptors (Lipinski definition) is 1. The van der Waals surface area contributed by atoms with Gasteiger partial charge in [0, 0.05) is 5.41 Å². The highest BCUT2D eigenvalue weighted by Crippen LogP contribution is 2.09. The topological polar surface area (TPSA) is 0 Å². The Morgan fingerprint density at radius 1 is 1.23 bits per heavy atom. The van der Waals surface area contributed by atoms with Crippen molar-refractivity contribution in [2.24, 2.45) is 5.41 Å². The highest BCUT2D eigenvalue weighted by atomic mass is 32.2. The normalized spacial score (nSPS) is 11.0. The predicted molar refractivity (Wildman–Crippen MR) is 62.3 cm³/mol. The van der Waals surface area contributed by atoms with Crippen molar-refractivity contribution in [1.29, 1.82) is 0 Å². The summed E-state index contributed by atoms with van der Waals surface area (Å²) in [4.78, 5) is 1.21. The molecule has 0 nitrogen and oxygen atoms in total. The number of thioether (sulfide) groups is 1. The van der Waals surface area contributed by atoms with Gasteiger partial charge in [-0.2, -0.15) is 0 Å². The molecule has 0 bridgehead atoms. The third kappa shape index (κ3) is 9.12. The third-order valence-electron chi connectivity index (χ3n) is 1.17. The lowest BCUT2D eigenvalue weighted by atomic mass is 9.98. The van der Waals surface area contributed by atoms with E-state index in [1.165, 1.54) is 4.91 Å². The highest BCUT2D eigenvalue weighted by Gasteiger charge is 2.02. The van der Waals surface area contributed by atoms with E-state index in [9.17, 15) is 0 Å². The first-order valence-corrected chi connectivity index (χ1v) is 5.41. The molecule has 0 aliphatic heterocycles. The average Bonchev–Trinajstić information content (AvgIpc) is 2.01. The summed E-state index contributed by atoms with van der Waals surface area (Å²) >= 11 is 1.70. The maximum absolute atomic E-state index is 3.05. The van der Waals surface area contributed by atoms with Crippen molar-refractivity contribution in [3.05, 3.63) is 11.0 Å².